The largest absolute Gasteiger partial charge is 0.497 e. The van der Waals surface area contributed by atoms with E-state index < -0.39 is 0 Å². The molecule has 7 heteroatoms. The van der Waals surface area contributed by atoms with Gasteiger partial charge in [-0.15, -0.1) is 0 Å². The zero-order chi connectivity index (χ0) is 20.4. The summed E-state index contributed by atoms with van der Waals surface area (Å²) in [4.78, 5) is 27.8. The highest BCUT2D eigenvalue weighted by atomic mass is 16.5. The number of carbonyl (C=O) groups excluding carboxylic acids is 2. The molecular weight excluding hydrogens is 368 g/mol. The Morgan fingerprint density at radius 3 is 2.45 bits per heavy atom. The highest BCUT2D eigenvalue weighted by Crippen LogP contribution is 2.30. The molecule has 1 aliphatic carbocycles. The predicted molar refractivity (Wildman–Crippen MR) is 110 cm³/mol. The first-order chi connectivity index (χ1) is 14.1. The van der Waals surface area contributed by atoms with E-state index in [1.165, 1.54) is 0 Å². The van der Waals surface area contributed by atoms with Crippen LogP contribution < -0.4 is 10.5 Å². The first kappa shape index (κ1) is 19.5. The van der Waals surface area contributed by atoms with Crippen LogP contribution in [0.1, 0.15) is 48.9 Å². The van der Waals surface area contributed by atoms with E-state index >= 15 is 0 Å². The second kappa shape index (κ2) is 8.27. The van der Waals surface area contributed by atoms with E-state index in [-0.39, 0.29) is 23.5 Å². The van der Waals surface area contributed by atoms with Crippen molar-refractivity contribution in [3.63, 3.8) is 0 Å². The van der Waals surface area contributed by atoms with E-state index in [0.717, 1.165) is 56.5 Å². The Bertz CT molecular complexity index is 884. The minimum atomic E-state index is -0.218. The van der Waals surface area contributed by atoms with Crippen LogP contribution in [0.25, 0.3) is 5.69 Å². The quantitative estimate of drug-likeness (QED) is 0.785. The van der Waals surface area contributed by atoms with E-state index in [0.29, 0.717) is 17.9 Å². The molecule has 29 heavy (non-hydrogen) atoms. The normalized spacial score (nSPS) is 20.0. The lowest BCUT2D eigenvalue weighted by Crippen LogP contribution is -2.44. The van der Waals surface area contributed by atoms with Crippen molar-refractivity contribution in [3.8, 4) is 11.4 Å². The average molecular weight is 396 g/mol. The van der Waals surface area contributed by atoms with Crippen LogP contribution in [0.5, 0.6) is 5.75 Å². The molecule has 1 aliphatic heterocycles. The van der Waals surface area contributed by atoms with E-state index in [1.54, 1.807) is 18.0 Å². The summed E-state index contributed by atoms with van der Waals surface area (Å²) in [6, 6.07) is 7.34. The maximum Gasteiger partial charge on any atom is 0.225 e. The van der Waals surface area contributed by atoms with Gasteiger partial charge in [-0.25, -0.2) is 4.68 Å². The number of rotatable bonds is 5. The van der Waals surface area contributed by atoms with Crippen LogP contribution in [-0.4, -0.2) is 46.6 Å². The molecule has 2 aromatic rings. The number of carbonyl (C=O) groups is 2. The third kappa shape index (κ3) is 3.86. The van der Waals surface area contributed by atoms with Gasteiger partial charge in [0.05, 0.1) is 24.6 Å². The molecule has 1 amide bonds. The first-order valence-electron chi connectivity index (χ1n) is 10.4. The molecule has 1 saturated carbocycles. The third-order valence-electron chi connectivity index (χ3n) is 6.20. The van der Waals surface area contributed by atoms with Crippen molar-refractivity contribution in [2.75, 3.05) is 25.9 Å². The number of nitrogen functional groups attached to an aromatic ring is 1. The zero-order valence-corrected chi connectivity index (χ0v) is 16.8. The number of amides is 1. The molecule has 2 aliphatic rings. The summed E-state index contributed by atoms with van der Waals surface area (Å²) in [5, 5.41) is 4.32. The second-order valence-electron chi connectivity index (χ2n) is 8.02. The van der Waals surface area contributed by atoms with Gasteiger partial charge in [0.25, 0.3) is 0 Å². The van der Waals surface area contributed by atoms with Gasteiger partial charge in [0, 0.05) is 24.9 Å². The lowest BCUT2D eigenvalue weighted by molar-refractivity contribution is -0.136. The number of aromatic nitrogens is 2. The number of ether oxygens (including phenoxy) is 1. The third-order valence-corrected chi connectivity index (χ3v) is 6.20. The van der Waals surface area contributed by atoms with E-state index in [2.05, 4.69) is 5.10 Å². The van der Waals surface area contributed by atoms with Gasteiger partial charge >= 0.3 is 0 Å². The number of methoxy groups -OCH3 is 1. The Balaban J connectivity index is 1.49. The number of piperidine rings is 1. The lowest BCUT2D eigenvalue weighted by Gasteiger charge is -2.33. The summed E-state index contributed by atoms with van der Waals surface area (Å²) in [6.45, 7) is 1.24. The number of Topliss-reactive ketones (excluding diaryl/α,β-unsaturated/α-hetero) is 1. The number of nitrogens with two attached hydrogens (primary N) is 1. The van der Waals surface area contributed by atoms with Gasteiger partial charge in [0.2, 0.25) is 5.91 Å². The van der Waals surface area contributed by atoms with Gasteiger partial charge in [0.1, 0.15) is 11.6 Å². The maximum absolute atomic E-state index is 13.2. The molecule has 2 fully saturated rings. The molecule has 1 atom stereocenters. The Labute approximate surface area is 170 Å². The predicted octanol–water partition coefficient (Wildman–Crippen LogP) is 3.07. The monoisotopic (exact) mass is 396 g/mol. The fourth-order valence-corrected chi connectivity index (χ4v) is 4.52. The van der Waals surface area contributed by atoms with Gasteiger partial charge in [-0.3, -0.25) is 9.59 Å². The Morgan fingerprint density at radius 1 is 1.07 bits per heavy atom. The van der Waals surface area contributed by atoms with Crippen LogP contribution in [0.4, 0.5) is 5.82 Å². The van der Waals surface area contributed by atoms with Crippen molar-refractivity contribution in [2.24, 2.45) is 11.8 Å². The van der Waals surface area contributed by atoms with E-state index in [9.17, 15) is 9.59 Å². The summed E-state index contributed by atoms with van der Waals surface area (Å²) in [6.07, 6.45) is 7.40. The van der Waals surface area contributed by atoms with Crippen molar-refractivity contribution in [3.05, 3.63) is 36.0 Å². The molecule has 0 unspecified atom stereocenters. The number of benzene rings is 1. The summed E-state index contributed by atoms with van der Waals surface area (Å²) in [5.74, 6) is 1.20. The molecule has 0 spiro atoms. The number of likely N-dealkylation sites (tertiary alicyclic amines) is 1. The van der Waals surface area contributed by atoms with Gasteiger partial charge < -0.3 is 15.4 Å². The minimum Gasteiger partial charge on any atom is -0.497 e. The Hall–Kier alpha value is -2.83. The number of hydrogen-bond donors (Lipinski definition) is 1. The molecule has 2 heterocycles. The molecule has 0 bridgehead atoms. The Morgan fingerprint density at radius 2 is 1.76 bits per heavy atom. The van der Waals surface area contributed by atoms with Gasteiger partial charge in [-0.05, 0) is 49.9 Å². The van der Waals surface area contributed by atoms with Crippen LogP contribution in [-0.2, 0) is 4.79 Å². The van der Waals surface area contributed by atoms with Crippen molar-refractivity contribution in [2.45, 2.75) is 38.5 Å². The molecule has 4 rings (SSSR count). The molecule has 0 radical (unpaired) electrons. The topological polar surface area (TPSA) is 90.5 Å². The second-order valence-corrected chi connectivity index (χ2v) is 8.02. The summed E-state index contributed by atoms with van der Waals surface area (Å²) < 4.78 is 6.74. The van der Waals surface area contributed by atoms with Crippen molar-refractivity contribution in [1.82, 2.24) is 14.7 Å². The molecule has 1 aromatic heterocycles. The number of hydrogen-bond acceptors (Lipinski definition) is 5. The first-order valence-corrected chi connectivity index (χ1v) is 10.4. The van der Waals surface area contributed by atoms with Crippen LogP contribution in [0, 0.1) is 11.8 Å². The van der Waals surface area contributed by atoms with Crippen molar-refractivity contribution in [1.29, 1.82) is 0 Å². The van der Waals surface area contributed by atoms with E-state index in [4.69, 9.17) is 10.5 Å². The zero-order valence-electron chi connectivity index (χ0n) is 16.8. The SMILES string of the molecule is COc1ccc(-n2ncc(C(=O)[C@@H]3CCCN(C(=O)C4CCCC4)C3)c2N)cc1. The summed E-state index contributed by atoms with van der Waals surface area (Å²) >= 11 is 0. The highest BCUT2D eigenvalue weighted by molar-refractivity contribution is 6.02. The number of anilines is 1. The van der Waals surface area contributed by atoms with Gasteiger partial charge in [-0.1, -0.05) is 12.8 Å². The van der Waals surface area contributed by atoms with E-state index in [1.807, 2.05) is 29.2 Å². The molecular formula is C22H28N4O3. The average Bonchev–Trinajstić information content (AvgIpc) is 3.43. The van der Waals surface area contributed by atoms with Crippen molar-refractivity contribution >= 4 is 17.5 Å². The van der Waals surface area contributed by atoms with Crippen molar-refractivity contribution < 1.29 is 14.3 Å². The van der Waals surface area contributed by atoms with Gasteiger partial charge in [-0.2, -0.15) is 5.10 Å². The smallest absolute Gasteiger partial charge is 0.225 e. The summed E-state index contributed by atoms with van der Waals surface area (Å²) in [7, 11) is 1.61. The fourth-order valence-electron chi connectivity index (χ4n) is 4.52. The standard InChI is InChI=1S/C22H28N4O3/c1-29-18-10-8-17(9-11-18)26-21(23)19(13-24-26)20(27)16-7-4-12-25(14-16)22(28)15-5-2-3-6-15/h8-11,13,15-16H,2-7,12,14,23H2,1H3/t16-/m1/s1. The van der Waals surface area contributed by atoms with Crippen LogP contribution in [0.15, 0.2) is 30.5 Å². The Kier molecular flexibility index (Phi) is 5.56. The fraction of sp³-hybridized carbons (Fsp3) is 0.500. The van der Waals surface area contributed by atoms with Crippen LogP contribution >= 0.6 is 0 Å². The van der Waals surface area contributed by atoms with Gasteiger partial charge in [0.15, 0.2) is 5.78 Å². The lowest BCUT2D eigenvalue weighted by atomic mass is 9.90. The molecule has 1 saturated heterocycles. The molecule has 154 valence electrons. The number of nitrogens with zero attached hydrogens (tertiary/aromatic N) is 3. The molecule has 1 aromatic carbocycles. The van der Waals surface area contributed by atoms with Crippen LogP contribution in [0.3, 0.4) is 0 Å². The van der Waals surface area contributed by atoms with Crippen LogP contribution in [0.2, 0.25) is 0 Å². The summed E-state index contributed by atoms with van der Waals surface area (Å²) in [5.41, 5.74) is 7.47. The minimum absolute atomic E-state index is 0.0221. The highest BCUT2D eigenvalue weighted by Gasteiger charge is 2.34. The molecule has 7 nitrogen and oxygen atoms in total. The number of ketones is 1. The maximum atomic E-state index is 13.2. The molecule has 2 N–H and O–H groups in total.